The Hall–Kier alpha value is -2.58. The molecule has 4 nitrogen and oxygen atoms in total. The quantitative estimate of drug-likeness (QED) is 0.855. The Morgan fingerprint density at radius 3 is 2.57 bits per heavy atom. The summed E-state index contributed by atoms with van der Waals surface area (Å²) in [6, 6.07) is 10.8. The second-order valence-corrected chi connectivity index (χ2v) is 5.17. The Labute approximate surface area is 127 Å². The minimum Gasteiger partial charge on any atom is -0.340 e. The van der Waals surface area contributed by atoms with Gasteiger partial charge in [-0.25, -0.2) is 0 Å². The first-order valence-corrected chi connectivity index (χ1v) is 7.21. The van der Waals surface area contributed by atoms with Crippen LogP contribution in [0.3, 0.4) is 0 Å². The van der Waals surface area contributed by atoms with Gasteiger partial charge in [0.25, 0.3) is 5.91 Å². The van der Waals surface area contributed by atoms with E-state index in [1.54, 1.807) is 18.2 Å². The summed E-state index contributed by atoms with van der Waals surface area (Å²) in [5.41, 5.74) is 1.56. The van der Waals surface area contributed by atoms with Gasteiger partial charge in [-0.3, -0.25) is 9.59 Å². The van der Waals surface area contributed by atoms with Gasteiger partial charge in [0, 0.05) is 18.2 Å². The van der Waals surface area contributed by atoms with Gasteiger partial charge >= 0.3 is 0 Å². The van der Waals surface area contributed by atoms with Gasteiger partial charge in [0.2, 0.25) is 5.91 Å². The highest BCUT2D eigenvalue weighted by Gasteiger charge is 2.03. The fourth-order valence-electron chi connectivity index (χ4n) is 1.61. The smallest absolute Gasteiger partial charge is 0.262 e. The summed E-state index contributed by atoms with van der Waals surface area (Å²) < 4.78 is 0. The molecule has 106 valence electrons. The predicted octanol–water partition coefficient (Wildman–Crippen LogP) is 2.49. The van der Waals surface area contributed by atoms with Crippen molar-refractivity contribution in [2.75, 3.05) is 11.9 Å². The highest BCUT2D eigenvalue weighted by atomic mass is 32.1. The third-order valence-electron chi connectivity index (χ3n) is 2.52. The number of amides is 2. The average molecular weight is 298 g/mol. The average Bonchev–Trinajstić information content (AvgIpc) is 2.99. The van der Waals surface area contributed by atoms with E-state index in [1.807, 2.05) is 23.6 Å². The lowest BCUT2D eigenvalue weighted by atomic mass is 10.2. The monoisotopic (exact) mass is 298 g/mol. The molecular weight excluding hydrogens is 284 g/mol. The van der Waals surface area contributed by atoms with Crippen molar-refractivity contribution in [3.05, 3.63) is 52.2 Å². The van der Waals surface area contributed by atoms with E-state index < -0.39 is 0 Å². The number of hydrogen-bond donors (Lipinski definition) is 2. The molecule has 0 spiro atoms. The van der Waals surface area contributed by atoms with Gasteiger partial charge in [0.05, 0.1) is 11.4 Å². The Bertz CT molecular complexity index is 679. The maximum absolute atomic E-state index is 11.7. The topological polar surface area (TPSA) is 58.2 Å². The molecule has 0 radical (unpaired) electrons. The first-order chi connectivity index (χ1) is 10.1. The molecular formula is C16H14N2O2S. The fourth-order valence-corrected chi connectivity index (χ4v) is 2.25. The zero-order chi connectivity index (χ0) is 15.1. The predicted molar refractivity (Wildman–Crippen MR) is 84.3 cm³/mol. The van der Waals surface area contributed by atoms with Crippen LogP contribution in [0.25, 0.3) is 0 Å². The van der Waals surface area contributed by atoms with Crippen LogP contribution in [0.5, 0.6) is 0 Å². The molecule has 0 atom stereocenters. The van der Waals surface area contributed by atoms with Crippen LogP contribution < -0.4 is 10.6 Å². The third kappa shape index (κ3) is 4.79. The Morgan fingerprint density at radius 1 is 1.19 bits per heavy atom. The largest absolute Gasteiger partial charge is 0.340 e. The maximum atomic E-state index is 11.7. The van der Waals surface area contributed by atoms with Crippen molar-refractivity contribution in [1.82, 2.24) is 5.32 Å². The lowest BCUT2D eigenvalue weighted by Gasteiger charge is -2.00. The summed E-state index contributed by atoms with van der Waals surface area (Å²) >= 11 is 1.40. The van der Waals surface area contributed by atoms with Crippen molar-refractivity contribution in [3.8, 4) is 11.8 Å². The molecule has 1 heterocycles. The van der Waals surface area contributed by atoms with Crippen molar-refractivity contribution >= 4 is 28.8 Å². The maximum Gasteiger partial charge on any atom is 0.262 e. The first kappa shape index (κ1) is 14.8. The molecule has 21 heavy (non-hydrogen) atoms. The molecule has 1 aromatic heterocycles. The van der Waals surface area contributed by atoms with E-state index in [-0.39, 0.29) is 11.8 Å². The molecule has 0 fully saturated rings. The van der Waals surface area contributed by atoms with Gasteiger partial charge in [-0.15, -0.1) is 11.3 Å². The molecule has 0 unspecified atom stereocenters. The van der Waals surface area contributed by atoms with Crippen molar-refractivity contribution in [2.24, 2.45) is 0 Å². The Balaban J connectivity index is 1.85. The van der Waals surface area contributed by atoms with Gasteiger partial charge in [0.15, 0.2) is 0 Å². The molecule has 0 bridgehead atoms. The van der Waals surface area contributed by atoms with Gasteiger partial charge in [-0.05, 0) is 35.7 Å². The zero-order valence-electron chi connectivity index (χ0n) is 11.5. The molecule has 0 saturated heterocycles. The van der Waals surface area contributed by atoms with E-state index in [4.69, 9.17) is 0 Å². The normalized spacial score (nSPS) is 9.38. The van der Waals surface area contributed by atoms with Crippen molar-refractivity contribution in [1.29, 1.82) is 0 Å². The van der Waals surface area contributed by atoms with Crippen LogP contribution >= 0.6 is 11.3 Å². The van der Waals surface area contributed by atoms with E-state index in [0.717, 1.165) is 11.3 Å². The molecule has 0 aliphatic carbocycles. The van der Waals surface area contributed by atoms with E-state index in [2.05, 4.69) is 22.5 Å². The van der Waals surface area contributed by atoms with Crippen molar-refractivity contribution in [3.63, 3.8) is 0 Å². The second-order valence-electron chi connectivity index (χ2n) is 4.22. The summed E-state index contributed by atoms with van der Waals surface area (Å²) in [7, 11) is 0. The molecule has 2 aromatic rings. The van der Waals surface area contributed by atoms with Gasteiger partial charge < -0.3 is 10.6 Å². The lowest BCUT2D eigenvalue weighted by Crippen LogP contribution is -2.22. The van der Waals surface area contributed by atoms with E-state index in [1.165, 1.54) is 18.3 Å². The molecule has 2 amide bonds. The number of anilines is 1. The summed E-state index contributed by atoms with van der Waals surface area (Å²) in [4.78, 5) is 23.2. The van der Waals surface area contributed by atoms with Crippen LogP contribution in [-0.2, 0) is 4.79 Å². The SMILES string of the molecule is CC(=O)Nc1ccc(C#CCNC(=O)c2cccs2)cc1. The van der Waals surface area contributed by atoms with Crippen LogP contribution in [0.4, 0.5) is 5.69 Å². The van der Waals surface area contributed by atoms with Crippen LogP contribution in [0, 0.1) is 11.8 Å². The molecule has 1 aromatic carbocycles. The number of carbonyl (C=O) groups is 2. The minimum absolute atomic E-state index is 0.106. The number of benzene rings is 1. The molecule has 2 rings (SSSR count). The van der Waals surface area contributed by atoms with Gasteiger partial charge in [-0.1, -0.05) is 17.9 Å². The summed E-state index contributed by atoms with van der Waals surface area (Å²) in [5, 5.41) is 7.28. The van der Waals surface area contributed by atoms with E-state index in [9.17, 15) is 9.59 Å². The van der Waals surface area contributed by atoms with Crippen molar-refractivity contribution < 1.29 is 9.59 Å². The van der Waals surface area contributed by atoms with E-state index >= 15 is 0 Å². The molecule has 0 saturated carbocycles. The molecule has 2 N–H and O–H groups in total. The lowest BCUT2D eigenvalue weighted by molar-refractivity contribution is -0.114. The number of hydrogen-bond acceptors (Lipinski definition) is 3. The highest BCUT2D eigenvalue weighted by Crippen LogP contribution is 2.08. The fraction of sp³-hybridized carbons (Fsp3) is 0.125. The number of rotatable bonds is 3. The number of nitrogens with one attached hydrogen (secondary N) is 2. The minimum atomic E-state index is -0.111. The Morgan fingerprint density at radius 2 is 1.95 bits per heavy atom. The van der Waals surface area contributed by atoms with E-state index in [0.29, 0.717) is 11.4 Å². The van der Waals surface area contributed by atoms with Crippen molar-refractivity contribution in [2.45, 2.75) is 6.92 Å². The number of thiophene rings is 1. The van der Waals surface area contributed by atoms with Gasteiger partial charge in [-0.2, -0.15) is 0 Å². The highest BCUT2D eigenvalue weighted by molar-refractivity contribution is 7.12. The third-order valence-corrected chi connectivity index (χ3v) is 3.39. The standard InChI is InChI=1S/C16H14N2O2S/c1-12(19)18-14-8-6-13(7-9-14)4-2-10-17-16(20)15-5-3-11-21-15/h3,5-9,11H,10H2,1H3,(H,17,20)(H,18,19). The number of carbonyl (C=O) groups excluding carboxylic acids is 2. The van der Waals surface area contributed by atoms with Crippen LogP contribution in [-0.4, -0.2) is 18.4 Å². The summed E-state index contributed by atoms with van der Waals surface area (Å²) in [6.45, 7) is 1.76. The van der Waals surface area contributed by atoms with Crippen LogP contribution in [0.15, 0.2) is 41.8 Å². The van der Waals surface area contributed by atoms with Gasteiger partial charge in [0.1, 0.15) is 0 Å². The molecule has 5 heteroatoms. The summed E-state index contributed by atoms with van der Waals surface area (Å²) in [5.74, 6) is 5.62. The first-order valence-electron chi connectivity index (χ1n) is 6.33. The zero-order valence-corrected chi connectivity index (χ0v) is 12.3. The van der Waals surface area contributed by atoms with Crippen LogP contribution in [0.2, 0.25) is 0 Å². The molecule has 0 aliphatic heterocycles. The summed E-state index contributed by atoms with van der Waals surface area (Å²) in [6.07, 6.45) is 0. The Kier molecular flexibility index (Phi) is 5.13. The molecule has 0 aliphatic rings. The van der Waals surface area contributed by atoms with Crippen LogP contribution in [0.1, 0.15) is 22.2 Å². The second kappa shape index (κ2) is 7.27.